The molecule has 0 aliphatic rings. The molecule has 0 bridgehead atoms. The van der Waals surface area contributed by atoms with Crippen LogP contribution in [0.3, 0.4) is 0 Å². The fourth-order valence-electron chi connectivity index (χ4n) is 2.21. The van der Waals surface area contributed by atoms with Crippen molar-refractivity contribution in [1.29, 1.82) is 0 Å². The predicted octanol–water partition coefficient (Wildman–Crippen LogP) is 3.61. The molecule has 0 saturated heterocycles. The first-order valence-corrected chi connectivity index (χ1v) is 7.88. The van der Waals surface area contributed by atoms with E-state index in [1.165, 1.54) is 0 Å². The van der Waals surface area contributed by atoms with Crippen molar-refractivity contribution in [3.05, 3.63) is 59.5 Å². The van der Waals surface area contributed by atoms with Crippen LogP contribution in [0, 0.1) is 0 Å². The van der Waals surface area contributed by atoms with Crippen LogP contribution >= 0.6 is 0 Å². The van der Waals surface area contributed by atoms with Crippen molar-refractivity contribution >= 4 is 11.9 Å². The van der Waals surface area contributed by atoms with Crippen LogP contribution in [0.15, 0.2) is 47.1 Å². The Hall–Kier alpha value is -2.56. The molecule has 0 aliphatic carbocycles. The minimum Gasteiger partial charge on any atom is -0.467 e. The van der Waals surface area contributed by atoms with Crippen LogP contribution in [0.25, 0.3) is 0 Å². The summed E-state index contributed by atoms with van der Waals surface area (Å²) in [5, 5.41) is 2.71. The van der Waals surface area contributed by atoms with Gasteiger partial charge < -0.3 is 14.5 Å². The molecule has 0 radical (unpaired) electrons. The topological polar surface area (TPSA) is 68.5 Å². The first kappa shape index (κ1) is 17.8. The third kappa shape index (κ3) is 4.72. The lowest BCUT2D eigenvalue weighted by molar-refractivity contribution is -0.125. The van der Waals surface area contributed by atoms with E-state index >= 15 is 0 Å². The molecule has 0 aliphatic heterocycles. The lowest BCUT2D eigenvalue weighted by atomic mass is 9.87. The first-order chi connectivity index (χ1) is 11.3. The zero-order chi connectivity index (χ0) is 17.7. The molecule has 128 valence electrons. The van der Waals surface area contributed by atoms with Crippen molar-refractivity contribution in [3.63, 3.8) is 0 Å². The van der Waals surface area contributed by atoms with Gasteiger partial charge in [0.05, 0.1) is 17.9 Å². The van der Waals surface area contributed by atoms with Crippen molar-refractivity contribution < 1.29 is 18.7 Å². The number of hydrogen-bond acceptors (Lipinski definition) is 4. The van der Waals surface area contributed by atoms with Gasteiger partial charge >= 0.3 is 5.97 Å². The third-order valence-electron chi connectivity index (χ3n) is 3.67. The number of rotatable bonds is 5. The second-order valence-corrected chi connectivity index (χ2v) is 6.71. The van der Waals surface area contributed by atoms with E-state index in [0.29, 0.717) is 11.3 Å². The van der Waals surface area contributed by atoms with Crippen molar-refractivity contribution in [1.82, 2.24) is 5.32 Å². The van der Waals surface area contributed by atoms with Crippen LogP contribution in [-0.2, 0) is 14.9 Å². The Morgan fingerprint density at radius 1 is 1.17 bits per heavy atom. The van der Waals surface area contributed by atoms with Gasteiger partial charge in [0.2, 0.25) is 0 Å². The summed E-state index contributed by atoms with van der Waals surface area (Å²) in [6, 6.07) is 10.5. The molecule has 0 unspecified atom stereocenters. The van der Waals surface area contributed by atoms with Gasteiger partial charge in [0, 0.05) is 0 Å². The summed E-state index contributed by atoms with van der Waals surface area (Å²) in [5.41, 5.74) is 1.57. The van der Waals surface area contributed by atoms with E-state index < -0.39 is 5.97 Å². The molecule has 2 rings (SSSR count). The second kappa shape index (κ2) is 7.34. The molecule has 1 aromatic heterocycles. The first-order valence-electron chi connectivity index (χ1n) is 7.88. The van der Waals surface area contributed by atoms with Crippen LogP contribution in [0.4, 0.5) is 0 Å². The van der Waals surface area contributed by atoms with E-state index in [2.05, 4.69) is 26.1 Å². The number of carbonyl (C=O) groups is 2. The summed E-state index contributed by atoms with van der Waals surface area (Å²) in [6.45, 7) is 7.77. The fourth-order valence-corrected chi connectivity index (χ4v) is 2.21. The standard InChI is InChI=1S/C19H23NO4/c1-13(16-6-5-11-23-16)20-17(21)12-24-18(22)14-7-9-15(10-8-14)19(2,3)4/h5-11,13H,12H2,1-4H3,(H,20,21)/t13-/m0/s1. The molecule has 1 heterocycles. The zero-order valence-corrected chi connectivity index (χ0v) is 14.5. The Bertz CT molecular complexity index is 681. The quantitative estimate of drug-likeness (QED) is 0.851. The normalized spacial score (nSPS) is 12.5. The molecule has 2 aromatic rings. The maximum absolute atomic E-state index is 12.0. The Labute approximate surface area is 142 Å². The zero-order valence-electron chi connectivity index (χ0n) is 14.5. The van der Waals surface area contributed by atoms with Gasteiger partial charge in [0.25, 0.3) is 5.91 Å². The molecule has 1 atom stereocenters. The predicted molar refractivity (Wildman–Crippen MR) is 90.7 cm³/mol. The van der Waals surface area contributed by atoms with Gasteiger partial charge in [-0.1, -0.05) is 32.9 Å². The number of ether oxygens (including phenoxy) is 1. The van der Waals surface area contributed by atoms with Crippen LogP contribution in [0.1, 0.15) is 55.4 Å². The summed E-state index contributed by atoms with van der Waals surface area (Å²) in [5.74, 6) is -0.248. The van der Waals surface area contributed by atoms with Crippen molar-refractivity contribution in [3.8, 4) is 0 Å². The van der Waals surface area contributed by atoms with E-state index in [1.807, 2.05) is 12.1 Å². The van der Waals surface area contributed by atoms with Gasteiger partial charge in [0.15, 0.2) is 6.61 Å². The molecule has 0 saturated carbocycles. The molecule has 5 heteroatoms. The van der Waals surface area contributed by atoms with Gasteiger partial charge in [-0.2, -0.15) is 0 Å². The molecule has 1 amide bonds. The number of carbonyl (C=O) groups excluding carboxylic acids is 2. The van der Waals surface area contributed by atoms with Crippen LogP contribution in [-0.4, -0.2) is 18.5 Å². The van der Waals surface area contributed by atoms with E-state index in [1.54, 1.807) is 37.5 Å². The molecular formula is C19H23NO4. The van der Waals surface area contributed by atoms with Crippen LogP contribution < -0.4 is 5.32 Å². The SMILES string of the molecule is C[C@H](NC(=O)COC(=O)c1ccc(C(C)(C)C)cc1)c1ccco1. The highest BCUT2D eigenvalue weighted by Crippen LogP contribution is 2.22. The number of esters is 1. The number of hydrogen-bond donors (Lipinski definition) is 1. The third-order valence-corrected chi connectivity index (χ3v) is 3.67. The van der Waals surface area contributed by atoms with Gasteiger partial charge in [-0.25, -0.2) is 4.79 Å². The lowest BCUT2D eigenvalue weighted by Gasteiger charge is -2.18. The maximum atomic E-state index is 12.0. The summed E-state index contributed by atoms with van der Waals surface area (Å²) in [6.07, 6.45) is 1.54. The van der Waals surface area contributed by atoms with Gasteiger partial charge in [-0.05, 0) is 42.2 Å². The molecule has 0 spiro atoms. The summed E-state index contributed by atoms with van der Waals surface area (Å²) < 4.78 is 10.3. The number of furan rings is 1. The minimum absolute atomic E-state index is 0.0182. The molecule has 1 aromatic carbocycles. The van der Waals surface area contributed by atoms with Crippen molar-refractivity contribution in [2.75, 3.05) is 6.61 Å². The maximum Gasteiger partial charge on any atom is 0.338 e. The number of nitrogens with one attached hydrogen (secondary N) is 1. The van der Waals surface area contributed by atoms with E-state index in [4.69, 9.17) is 9.15 Å². The van der Waals surface area contributed by atoms with Crippen LogP contribution in [0.5, 0.6) is 0 Å². The molecule has 0 fully saturated rings. The Balaban J connectivity index is 1.85. The Kier molecular flexibility index (Phi) is 5.44. The van der Waals surface area contributed by atoms with Gasteiger partial charge in [-0.15, -0.1) is 0 Å². The fraction of sp³-hybridized carbons (Fsp3) is 0.368. The van der Waals surface area contributed by atoms with Gasteiger partial charge in [-0.3, -0.25) is 4.79 Å². The Morgan fingerprint density at radius 2 is 1.83 bits per heavy atom. The van der Waals surface area contributed by atoms with Crippen molar-refractivity contribution in [2.24, 2.45) is 0 Å². The molecule has 1 N–H and O–H groups in total. The highest BCUT2D eigenvalue weighted by Gasteiger charge is 2.16. The van der Waals surface area contributed by atoms with Crippen molar-refractivity contribution in [2.45, 2.75) is 39.2 Å². The minimum atomic E-state index is -0.517. The lowest BCUT2D eigenvalue weighted by Crippen LogP contribution is -2.31. The monoisotopic (exact) mass is 329 g/mol. The Morgan fingerprint density at radius 3 is 2.38 bits per heavy atom. The average Bonchev–Trinajstić information content (AvgIpc) is 3.06. The van der Waals surface area contributed by atoms with E-state index in [-0.39, 0.29) is 24.0 Å². The number of benzene rings is 1. The largest absolute Gasteiger partial charge is 0.467 e. The van der Waals surface area contributed by atoms with Gasteiger partial charge in [0.1, 0.15) is 5.76 Å². The number of amides is 1. The van der Waals surface area contributed by atoms with E-state index in [0.717, 1.165) is 5.56 Å². The average molecular weight is 329 g/mol. The summed E-state index contributed by atoms with van der Waals surface area (Å²) in [7, 11) is 0. The smallest absolute Gasteiger partial charge is 0.338 e. The summed E-state index contributed by atoms with van der Waals surface area (Å²) in [4.78, 5) is 23.8. The van der Waals surface area contributed by atoms with Crippen LogP contribution in [0.2, 0.25) is 0 Å². The highest BCUT2D eigenvalue weighted by atomic mass is 16.5. The molecule has 24 heavy (non-hydrogen) atoms. The summed E-state index contributed by atoms with van der Waals surface area (Å²) >= 11 is 0. The molecular weight excluding hydrogens is 306 g/mol. The van der Waals surface area contributed by atoms with E-state index in [9.17, 15) is 9.59 Å². The second-order valence-electron chi connectivity index (χ2n) is 6.71. The highest BCUT2D eigenvalue weighted by molar-refractivity contribution is 5.91. The molecule has 5 nitrogen and oxygen atoms in total.